The van der Waals surface area contributed by atoms with E-state index in [0.717, 1.165) is 77.7 Å². The van der Waals surface area contributed by atoms with Gasteiger partial charge in [0.2, 0.25) is 0 Å². The smallest absolute Gasteiger partial charge is 0.152 e. The molecule has 0 aliphatic carbocycles. The van der Waals surface area contributed by atoms with Gasteiger partial charge in [-0.1, -0.05) is 109 Å². The van der Waals surface area contributed by atoms with Crippen LogP contribution in [0.4, 0.5) is 11.4 Å². The Morgan fingerprint density at radius 2 is 0.848 bits per heavy atom. The summed E-state index contributed by atoms with van der Waals surface area (Å²) in [6.45, 7) is 0. The summed E-state index contributed by atoms with van der Waals surface area (Å²) >= 11 is 0. The summed E-state index contributed by atoms with van der Waals surface area (Å²) in [5, 5.41) is 9.64. The van der Waals surface area contributed by atoms with Gasteiger partial charge in [-0.25, -0.2) is 19.9 Å². The number of nitrogens with zero attached hydrogens (tertiary/aromatic N) is 4. The lowest BCUT2D eigenvalue weighted by molar-refractivity contribution is -0.122. The SMILES string of the molecule is COc1ccccc1NC(c1ccc(-c2cncnc2)cc1)C(C(=O)C(c1c[nH]c2ccccc12)C(Nc1ccccc1OC)c1ccc(-c2cncnc2)cc1)c1c[nH]c2ccccc12. The molecule has 0 amide bonds. The highest BCUT2D eigenvalue weighted by Crippen LogP contribution is 2.48. The van der Waals surface area contributed by atoms with Crippen LogP contribution in [-0.2, 0) is 4.79 Å². The van der Waals surface area contributed by atoms with E-state index in [-0.39, 0.29) is 5.78 Å². The van der Waals surface area contributed by atoms with Crippen LogP contribution < -0.4 is 20.1 Å². The quantitative estimate of drug-likeness (QED) is 0.0746. The first kappa shape index (κ1) is 41.4. The third kappa shape index (κ3) is 8.21. The number of fused-ring (bicyclic) bond motifs is 2. The first-order valence-electron chi connectivity index (χ1n) is 21.7. The maximum Gasteiger partial charge on any atom is 0.152 e. The fourth-order valence-corrected chi connectivity index (χ4v) is 9.13. The molecule has 4 N–H and O–H groups in total. The number of hydrogen-bond acceptors (Lipinski definition) is 9. The van der Waals surface area contributed by atoms with Crippen LogP contribution in [0, 0.1) is 0 Å². The number of methoxy groups -OCH3 is 2. The van der Waals surface area contributed by atoms with E-state index in [1.54, 1.807) is 39.0 Å². The molecule has 11 nitrogen and oxygen atoms in total. The van der Waals surface area contributed by atoms with Gasteiger partial charge < -0.3 is 30.1 Å². The monoisotopic (exact) mass is 866 g/mol. The zero-order valence-corrected chi connectivity index (χ0v) is 36.3. The maximum absolute atomic E-state index is 17.0. The number of para-hydroxylation sites is 6. The van der Waals surface area contributed by atoms with Crippen molar-refractivity contribution >= 4 is 39.0 Å². The average molecular weight is 867 g/mol. The Kier molecular flexibility index (Phi) is 11.7. The second-order valence-corrected chi connectivity index (χ2v) is 16.1. The zero-order chi connectivity index (χ0) is 44.8. The molecule has 4 heterocycles. The minimum Gasteiger partial charge on any atom is -0.495 e. The van der Waals surface area contributed by atoms with E-state index >= 15 is 4.79 Å². The summed E-state index contributed by atoms with van der Waals surface area (Å²) in [6.07, 6.45) is 14.2. The lowest BCUT2D eigenvalue weighted by Crippen LogP contribution is -2.34. The second-order valence-electron chi connectivity index (χ2n) is 16.1. The maximum atomic E-state index is 17.0. The van der Waals surface area contributed by atoms with Crippen LogP contribution in [-0.4, -0.2) is 49.9 Å². The second kappa shape index (κ2) is 18.6. The number of rotatable bonds is 16. The molecule has 0 bridgehead atoms. The van der Waals surface area contributed by atoms with Gasteiger partial charge in [0.1, 0.15) is 24.2 Å². The zero-order valence-electron chi connectivity index (χ0n) is 36.3. The van der Waals surface area contributed by atoms with Crippen LogP contribution in [0.15, 0.2) is 195 Å². The van der Waals surface area contributed by atoms with Crippen molar-refractivity contribution in [2.24, 2.45) is 0 Å². The summed E-state index contributed by atoms with van der Waals surface area (Å²) in [7, 11) is 3.32. The van der Waals surface area contributed by atoms with Crippen molar-refractivity contribution in [3.63, 3.8) is 0 Å². The van der Waals surface area contributed by atoms with Gasteiger partial charge in [-0.15, -0.1) is 0 Å². The minimum atomic E-state index is -0.793. The normalized spacial score (nSPS) is 13.1. The molecule has 4 aromatic heterocycles. The fourth-order valence-electron chi connectivity index (χ4n) is 9.13. The molecule has 324 valence electrons. The molecule has 0 fully saturated rings. The molecule has 10 aromatic rings. The van der Waals surface area contributed by atoms with Gasteiger partial charge in [0.15, 0.2) is 5.78 Å². The van der Waals surface area contributed by atoms with Gasteiger partial charge in [-0.3, -0.25) is 4.79 Å². The first-order valence-corrected chi connectivity index (χ1v) is 21.7. The molecule has 66 heavy (non-hydrogen) atoms. The van der Waals surface area contributed by atoms with Crippen LogP contribution in [0.3, 0.4) is 0 Å². The largest absolute Gasteiger partial charge is 0.495 e. The highest BCUT2D eigenvalue weighted by Gasteiger charge is 2.43. The van der Waals surface area contributed by atoms with Gasteiger partial charge >= 0.3 is 0 Å². The number of hydrogen-bond donors (Lipinski definition) is 4. The highest BCUT2D eigenvalue weighted by molar-refractivity contribution is 6.01. The molecular weight excluding hydrogens is 821 g/mol. The number of aromatic amines is 2. The molecular formula is C55H46N8O3. The Hall–Kier alpha value is -8.57. The third-order valence-corrected chi connectivity index (χ3v) is 12.4. The molecule has 0 spiro atoms. The van der Waals surface area contributed by atoms with Crippen molar-refractivity contribution < 1.29 is 14.3 Å². The predicted octanol–water partition coefficient (Wildman–Crippen LogP) is 11.7. The standard InChI is InChI=1S/C55H46N8O3/c1-65-49-17-9-7-15-47(49)62-53(37-23-19-35(20-24-37)39-27-56-33-57-28-39)51(43-31-60-45-13-5-3-11-41(43)45)55(64)52(44-32-61-46-14-6-4-12-42(44)46)54(63-48-16-8-10-18-50(48)66-2)38-25-21-36(22-26-38)40-29-58-34-59-30-40/h3-34,51-54,60-63H,1-2H3. The molecule has 0 radical (unpaired) electrons. The van der Waals surface area contributed by atoms with Crippen LogP contribution in [0.1, 0.15) is 46.2 Å². The number of ether oxygens (including phenoxy) is 2. The van der Waals surface area contributed by atoms with Crippen molar-refractivity contribution in [2.45, 2.75) is 23.9 Å². The number of Topliss-reactive ketones (excluding diaryl/α,β-unsaturated/α-hetero) is 1. The fraction of sp³-hybridized carbons (Fsp3) is 0.109. The summed E-state index contributed by atoms with van der Waals surface area (Å²) in [4.78, 5) is 41.1. The van der Waals surface area contributed by atoms with E-state index in [2.05, 4.69) is 101 Å². The van der Waals surface area contributed by atoms with Crippen molar-refractivity contribution in [3.05, 3.63) is 218 Å². The number of aromatic nitrogens is 6. The summed E-state index contributed by atoms with van der Waals surface area (Å²) < 4.78 is 11.9. The van der Waals surface area contributed by atoms with E-state index in [1.165, 1.54) is 12.7 Å². The number of benzene rings is 6. The predicted molar refractivity (Wildman–Crippen MR) is 261 cm³/mol. The minimum absolute atomic E-state index is 0.0228. The molecule has 11 heteroatoms. The molecule has 0 saturated heterocycles. The van der Waals surface area contributed by atoms with Crippen molar-refractivity contribution in [1.29, 1.82) is 0 Å². The van der Waals surface area contributed by atoms with Gasteiger partial charge in [-0.05, 0) is 69.8 Å². The molecule has 4 atom stereocenters. The number of anilines is 2. The summed E-state index contributed by atoms with van der Waals surface area (Å²) in [6, 6.07) is 47.3. The van der Waals surface area contributed by atoms with Crippen molar-refractivity contribution in [1.82, 2.24) is 29.9 Å². The topological polar surface area (TPSA) is 143 Å². The van der Waals surface area contributed by atoms with E-state index in [4.69, 9.17) is 9.47 Å². The number of nitrogens with one attached hydrogen (secondary N) is 4. The summed E-state index contributed by atoms with van der Waals surface area (Å²) in [5.41, 5.74) is 10.5. The molecule has 4 unspecified atom stereocenters. The van der Waals surface area contributed by atoms with E-state index in [1.807, 2.05) is 97.3 Å². The molecule has 0 saturated carbocycles. The Bertz CT molecular complexity index is 3010. The van der Waals surface area contributed by atoms with E-state index < -0.39 is 23.9 Å². The van der Waals surface area contributed by atoms with Gasteiger partial charge in [0.25, 0.3) is 0 Å². The van der Waals surface area contributed by atoms with Crippen molar-refractivity contribution in [2.75, 3.05) is 24.9 Å². The van der Waals surface area contributed by atoms with E-state index in [9.17, 15) is 0 Å². The number of carbonyl (C=O) groups excluding carboxylic acids is 1. The third-order valence-electron chi connectivity index (χ3n) is 12.4. The molecule has 6 aromatic carbocycles. The summed E-state index contributed by atoms with van der Waals surface area (Å²) in [5.74, 6) is -0.306. The van der Waals surface area contributed by atoms with Gasteiger partial charge in [0.05, 0.1) is 49.5 Å². The molecule has 10 rings (SSSR count). The van der Waals surface area contributed by atoms with Crippen LogP contribution in [0.25, 0.3) is 44.1 Å². The molecule has 0 aliphatic heterocycles. The first-order chi connectivity index (χ1) is 32.6. The molecule has 0 aliphatic rings. The van der Waals surface area contributed by atoms with Gasteiger partial charge in [-0.2, -0.15) is 0 Å². The lowest BCUT2D eigenvalue weighted by Gasteiger charge is -2.35. The van der Waals surface area contributed by atoms with Crippen molar-refractivity contribution in [3.8, 4) is 33.8 Å². The Morgan fingerprint density at radius 1 is 0.470 bits per heavy atom. The average Bonchev–Trinajstić information content (AvgIpc) is 4.02. The number of carbonyl (C=O) groups is 1. The highest BCUT2D eigenvalue weighted by atomic mass is 16.5. The Morgan fingerprint density at radius 3 is 1.26 bits per heavy atom. The lowest BCUT2D eigenvalue weighted by atomic mass is 9.73. The Balaban J connectivity index is 1.22. The van der Waals surface area contributed by atoms with Crippen LogP contribution in [0.5, 0.6) is 11.5 Å². The number of ketones is 1. The number of H-pyrrole nitrogens is 2. The van der Waals surface area contributed by atoms with E-state index in [0.29, 0.717) is 11.5 Å². The van der Waals surface area contributed by atoms with Crippen LogP contribution >= 0.6 is 0 Å². The van der Waals surface area contributed by atoms with Crippen LogP contribution in [0.2, 0.25) is 0 Å². The Labute approximate surface area is 382 Å². The van der Waals surface area contributed by atoms with Gasteiger partial charge in [0, 0.05) is 70.1 Å².